The summed E-state index contributed by atoms with van der Waals surface area (Å²) in [4.78, 5) is 3.77. The average Bonchev–Trinajstić information content (AvgIpc) is 2.71. The van der Waals surface area contributed by atoms with Crippen LogP contribution in [0.15, 0.2) is 31.8 Å². The maximum Gasteiger partial charge on any atom is 0.261 e. The largest absolute Gasteiger partial charge is 0.436 e. The molecule has 2 aromatic rings. The third kappa shape index (κ3) is 2.74. The fourth-order valence-corrected chi connectivity index (χ4v) is 2.27. The summed E-state index contributed by atoms with van der Waals surface area (Å²) in [7, 11) is 0. The molecule has 5 nitrogen and oxygen atoms in total. The number of amidine groups is 1. The molecular formula is C12H11F2N3O2S. The van der Waals surface area contributed by atoms with Crippen LogP contribution >= 0.6 is 11.8 Å². The Morgan fingerprint density at radius 3 is 2.40 bits per heavy atom. The molecular weight excluding hydrogens is 288 g/mol. The molecule has 0 amide bonds. The topological polar surface area (TPSA) is 84.6 Å². The van der Waals surface area contributed by atoms with Gasteiger partial charge < -0.3 is 15.4 Å². The van der Waals surface area contributed by atoms with Gasteiger partial charge in [-0.15, -0.1) is 0 Å². The molecule has 0 aliphatic rings. The summed E-state index contributed by atoms with van der Waals surface area (Å²) in [6.07, 6.45) is 0. The van der Waals surface area contributed by atoms with Crippen molar-refractivity contribution in [3.05, 3.63) is 40.8 Å². The summed E-state index contributed by atoms with van der Waals surface area (Å²) >= 11 is 0.733. The number of hydrogen-bond donors (Lipinski definition) is 2. The minimum Gasteiger partial charge on any atom is -0.436 e. The Morgan fingerprint density at radius 1 is 1.35 bits per heavy atom. The van der Waals surface area contributed by atoms with E-state index in [9.17, 15) is 8.78 Å². The molecule has 3 N–H and O–H groups in total. The van der Waals surface area contributed by atoms with E-state index in [4.69, 9.17) is 15.4 Å². The van der Waals surface area contributed by atoms with E-state index in [1.54, 1.807) is 13.8 Å². The van der Waals surface area contributed by atoms with Gasteiger partial charge in [-0.3, -0.25) is 0 Å². The second kappa shape index (κ2) is 5.49. The molecule has 0 saturated heterocycles. The van der Waals surface area contributed by atoms with E-state index in [0.717, 1.165) is 23.9 Å². The summed E-state index contributed by atoms with van der Waals surface area (Å²) in [6.45, 7) is 3.44. The zero-order valence-corrected chi connectivity index (χ0v) is 11.5. The van der Waals surface area contributed by atoms with E-state index in [1.165, 1.54) is 0 Å². The van der Waals surface area contributed by atoms with Crippen LogP contribution in [0, 0.1) is 25.5 Å². The number of nitrogens with zero attached hydrogens (tertiary/aromatic N) is 2. The highest BCUT2D eigenvalue weighted by Crippen LogP contribution is 2.33. The number of hydrogen-bond acceptors (Lipinski definition) is 5. The van der Waals surface area contributed by atoms with Crippen molar-refractivity contribution < 1.29 is 18.4 Å². The van der Waals surface area contributed by atoms with Crippen molar-refractivity contribution in [2.75, 3.05) is 0 Å². The molecule has 0 aliphatic heterocycles. The first kappa shape index (κ1) is 14.3. The lowest BCUT2D eigenvalue weighted by atomic mass is 10.2. The predicted octanol–water partition coefficient (Wildman–Crippen LogP) is 2.82. The molecule has 1 heterocycles. The summed E-state index contributed by atoms with van der Waals surface area (Å²) in [5.41, 5.74) is 5.89. The van der Waals surface area contributed by atoms with Gasteiger partial charge in [0.05, 0.1) is 10.6 Å². The number of oxime groups is 1. The highest BCUT2D eigenvalue weighted by atomic mass is 32.2. The lowest BCUT2D eigenvalue weighted by molar-refractivity contribution is 0.318. The van der Waals surface area contributed by atoms with Crippen LogP contribution < -0.4 is 5.73 Å². The molecule has 0 spiro atoms. The van der Waals surface area contributed by atoms with E-state index >= 15 is 0 Å². The maximum absolute atomic E-state index is 13.9. The number of aromatic nitrogens is 1. The first-order valence-corrected chi connectivity index (χ1v) is 6.33. The Balaban J connectivity index is 2.38. The zero-order chi connectivity index (χ0) is 14.9. The van der Waals surface area contributed by atoms with Gasteiger partial charge in [-0.05, 0) is 37.7 Å². The highest BCUT2D eigenvalue weighted by Gasteiger charge is 2.17. The van der Waals surface area contributed by atoms with Gasteiger partial charge >= 0.3 is 0 Å². The van der Waals surface area contributed by atoms with E-state index in [0.29, 0.717) is 11.5 Å². The molecule has 0 radical (unpaired) electrons. The van der Waals surface area contributed by atoms with Crippen LogP contribution in [0.2, 0.25) is 0 Å². The van der Waals surface area contributed by atoms with Crippen molar-refractivity contribution >= 4 is 17.6 Å². The SMILES string of the molecule is Cc1nc(Sc2c(F)cc(C(N)=NO)cc2F)oc1C. The Kier molecular flexibility index (Phi) is 3.93. The molecule has 2 rings (SSSR count). The molecule has 0 aliphatic carbocycles. The molecule has 20 heavy (non-hydrogen) atoms. The first-order chi connectivity index (χ1) is 9.42. The lowest BCUT2D eigenvalue weighted by Crippen LogP contribution is -2.14. The predicted molar refractivity (Wildman–Crippen MR) is 69.0 cm³/mol. The van der Waals surface area contributed by atoms with Crippen LogP contribution in [-0.4, -0.2) is 16.0 Å². The monoisotopic (exact) mass is 299 g/mol. The molecule has 1 aromatic heterocycles. The van der Waals surface area contributed by atoms with Gasteiger partial charge in [-0.1, -0.05) is 5.16 Å². The van der Waals surface area contributed by atoms with Gasteiger partial charge in [0, 0.05) is 5.56 Å². The summed E-state index contributed by atoms with van der Waals surface area (Å²) in [5, 5.41) is 11.3. The summed E-state index contributed by atoms with van der Waals surface area (Å²) in [6, 6.07) is 1.95. The Hall–Kier alpha value is -2.09. The molecule has 106 valence electrons. The minimum atomic E-state index is -0.842. The number of benzene rings is 1. The van der Waals surface area contributed by atoms with E-state index < -0.39 is 11.6 Å². The average molecular weight is 299 g/mol. The molecule has 0 bridgehead atoms. The van der Waals surface area contributed by atoms with Gasteiger partial charge in [0.2, 0.25) is 0 Å². The van der Waals surface area contributed by atoms with Crippen LogP contribution in [0.5, 0.6) is 0 Å². The number of oxazole rings is 1. The fraction of sp³-hybridized carbons (Fsp3) is 0.167. The second-order valence-electron chi connectivity index (χ2n) is 3.98. The Labute approximate surface area is 117 Å². The van der Waals surface area contributed by atoms with Crippen molar-refractivity contribution in [2.45, 2.75) is 24.0 Å². The Bertz CT molecular complexity index is 643. The minimum absolute atomic E-state index is 0.0494. The number of halogens is 2. The number of rotatable bonds is 3. The molecule has 0 fully saturated rings. The van der Waals surface area contributed by atoms with Crippen LogP contribution in [0.3, 0.4) is 0 Å². The standard InChI is InChI=1S/C12H11F2N3O2S/c1-5-6(2)19-12(16-5)20-10-8(13)3-7(4-9(10)14)11(15)17-18/h3-4,18H,1-2H3,(H2,15,17). The molecule has 0 atom stereocenters. The fourth-order valence-electron chi connectivity index (χ4n) is 1.44. The molecule has 1 aromatic carbocycles. The number of aryl methyl sites for hydroxylation is 2. The zero-order valence-electron chi connectivity index (χ0n) is 10.6. The summed E-state index contributed by atoms with van der Waals surface area (Å²) < 4.78 is 33.0. The van der Waals surface area contributed by atoms with Crippen molar-refractivity contribution in [2.24, 2.45) is 10.9 Å². The van der Waals surface area contributed by atoms with Gasteiger partial charge in [-0.25, -0.2) is 13.8 Å². The van der Waals surface area contributed by atoms with Crippen LogP contribution in [0.25, 0.3) is 0 Å². The van der Waals surface area contributed by atoms with Crippen LogP contribution in [-0.2, 0) is 0 Å². The second-order valence-corrected chi connectivity index (χ2v) is 4.94. The van der Waals surface area contributed by atoms with Crippen molar-refractivity contribution in [3.8, 4) is 0 Å². The molecule has 0 saturated carbocycles. The summed E-state index contributed by atoms with van der Waals surface area (Å²) in [5.74, 6) is -1.47. The van der Waals surface area contributed by atoms with Crippen LogP contribution in [0.1, 0.15) is 17.0 Å². The Morgan fingerprint density at radius 2 is 1.95 bits per heavy atom. The maximum atomic E-state index is 13.9. The first-order valence-electron chi connectivity index (χ1n) is 5.51. The van der Waals surface area contributed by atoms with Crippen molar-refractivity contribution in [1.29, 1.82) is 0 Å². The highest BCUT2D eigenvalue weighted by molar-refractivity contribution is 7.99. The smallest absolute Gasteiger partial charge is 0.261 e. The third-order valence-electron chi connectivity index (χ3n) is 2.60. The third-order valence-corrected chi connectivity index (χ3v) is 3.54. The normalized spacial score (nSPS) is 11.9. The van der Waals surface area contributed by atoms with E-state index in [2.05, 4.69) is 10.1 Å². The van der Waals surface area contributed by atoms with Crippen molar-refractivity contribution in [1.82, 2.24) is 4.98 Å². The van der Waals surface area contributed by atoms with Gasteiger partial charge in [0.15, 0.2) is 5.84 Å². The van der Waals surface area contributed by atoms with Gasteiger partial charge in [-0.2, -0.15) is 0 Å². The quantitative estimate of drug-likeness (QED) is 0.394. The van der Waals surface area contributed by atoms with E-state index in [-0.39, 0.29) is 21.5 Å². The van der Waals surface area contributed by atoms with Gasteiger partial charge in [0.25, 0.3) is 5.22 Å². The number of nitrogens with two attached hydrogens (primary N) is 1. The lowest BCUT2D eigenvalue weighted by Gasteiger charge is -2.05. The molecule has 8 heteroatoms. The van der Waals surface area contributed by atoms with Crippen molar-refractivity contribution in [3.63, 3.8) is 0 Å². The van der Waals surface area contributed by atoms with E-state index in [1.807, 2.05) is 0 Å². The molecule has 0 unspecified atom stereocenters. The van der Waals surface area contributed by atoms with Crippen LogP contribution in [0.4, 0.5) is 8.78 Å². The van der Waals surface area contributed by atoms with Gasteiger partial charge in [0.1, 0.15) is 17.4 Å².